The number of carbonyl (C=O) groups excluding carboxylic acids is 1. The predicted molar refractivity (Wildman–Crippen MR) is 70.6 cm³/mol. The summed E-state index contributed by atoms with van der Waals surface area (Å²) in [6.45, 7) is 4.08. The number of rotatable bonds is 4. The van der Waals surface area contributed by atoms with Crippen molar-refractivity contribution in [3.63, 3.8) is 0 Å². The van der Waals surface area contributed by atoms with Crippen molar-refractivity contribution in [1.82, 2.24) is 4.90 Å². The minimum Gasteiger partial charge on any atom is -0.339 e. The van der Waals surface area contributed by atoms with E-state index in [1.165, 1.54) is 6.07 Å². The molecule has 0 spiro atoms. The maximum Gasteiger partial charge on any atom is 0.255 e. The summed E-state index contributed by atoms with van der Waals surface area (Å²) in [6.07, 6.45) is 1.79. The van der Waals surface area contributed by atoms with Crippen molar-refractivity contribution in [3.05, 3.63) is 34.1 Å². The van der Waals surface area contributed by atoms with Gasteiger partial charge in [0, 0.05) is 13.1 Å². The third-order valence-electron chi connectivity index (χ3n) is 2.99. The van der Waals surface area contributed by atoms with Crippen molar-refractivity contribution in [2.24, 2.45) is 0 Å². The van der Waals surface area contributed by atoms with Gasteiger partial charge in [-0.3, -0.25) is 4.79 Å². The summed E-state index contributed by atoms with van der Waals surface area (Å²) in [5.41, 5.74) is 0.374. The predicted octanol–water partition coefficient (Wildman–Crippen LogP) is 3.85. The van der Waals surface area contributed by atoms with Crippen LogP contribution in [0.25, 0.3) is 0 Å². The van der Waals surface area contributed by atoms with E-state index < -0.39 is 5.82 Å². The second-order valence-corrected chi connectivity index (χ2v) is 4.78. The van der Waals surface area contributed by atoms with Gasteiger partial charge >= 0.3 is 0 Å². The standard InChI is InChI=1S/C13H17BrFNO/c1-4-9(5-2)16(3)13(17)10-7-6-8-11(15)12(10)14/h6-9H,4-5H2,1-3H3. The third-order valence-corrected chi connectivity index (χ3v) is 3.80. The summed E-state index contributed by atoms with van der Waals surface area (Å²) >= 11 is 3.12. The Bertz CT molecular complexity index is 404. The molecule has 17 heavy (non-hydrogen) atoms. The van der Waals surface area contributed by atoms with Crippen LogP contribution in [0.5, 0.6) is 0 Å². The summed E-state index contributed by atoms with van der Waals surface area (Å²) in [4.78, 5) is 13.9. The zero-order chi connectivity index (χ0) is 13.0. The van der Waals surface area contributed by atoms with E-state index in [0.717, 1.165) is 12.8 Å². The molecule has 1 amide bonds. The second-order valence-electron chi connectivity index (χ2n) is 3.99. The number of hydrogen-bond donors (Lipinski definition) is 0. The van der Waals surface area contributed by atoms with Crippen LogP contribution in [0.3, 0.4) is 0 Å². The molecule has 4 heteroatoms. The van der Waals surface area contributed by atoms with Crippen LogP contribution >= 0.6 is 15.9 Å². The largest absolute Gasteiger partial charge is 0.339 e. The normalized spacial score (nSPS) is 10.7. The van der Waals surface area contributed by atoms with Gasteiger partial charge in [0.1, 0.15) is 5.82 Å². The Morgan fingerprint density at radius 3 is 2.53 bits per heavy atom. The lowest BCUT2D eigenvalue weighted by atomic mass is 10.1. The minimum atomic E-state index is -0.409. The maximum absolute atomic E-state index is 13.4. The number of hydrogen-bond acceptors (Lipinski definition) is 1. The molecule has 2 nitrogen and oxygen atoms in total. The highest BCUT2D eigenvalue weighted by atomic mass is 79.9. The second kappa shape index (κ2) is 6.15. The zero-order valence-electron chi connectivity index (χ0n) is 10.3. The highest BCUT2D eigenvalue weighted by Crippen LogP contribution is 2.22. The monoisotopic (exact) mass is 301 g/mol. The third kappa shape index (κ3) is 3.06. The number of halogens is 2. The topological polar surface area (TPSA) is 20.3 Å². The van der Waals surface area contributed by atoms with E-state index in [4.69, 9.17) is 0 Å². The lowest BCUT2D eigenvalue weighted by Crippen LogP contribution is -2.36. The highest BCUT2D eigenvalue weighted by molar-refractivity contribution is 9.10. The van der Waals surface area contributed by atoms with Gasteiger partial charge < -0.3 is 4.90 Å². The summed E-state index contributed by atoms with van der Waals surface area (Å²) in [5.74, 6) is -0.557. The van der Waals surface area contributed by atoms with E-state index >= 15 is 0 Å². The molecule has 0 aliphatic heterocycles. The first-order chi connectivity index (χ1) is 8.02. The molecule has 0 saturated carbocycles. The molecule has 0 heterocycles. The number of nitrogens with zero attached hydrogens (tertiary/aromatic N) is 1. The number of carbonyl (C=O) groups is 1. The van der Waals surface area contributed by atoms with Crippen LogP contribution in [-0.4, -0.2) is 23.9 Å². The van der Waals surface area contributed by atoms with Crippen LogP contribution in [0.4, 0.5) is 4.39 Å². The van der Waals surface area contributed by atoms with Gasteiger partial charge in [0.15, 0.2) is 0 Å². The van der Waals surface area contributed by atoms with E-state index in [0.29, 0.717) is 5.56 Å². The van der Waals surface area contributed by atoms with E-state index in [9.17, 15) is 9.18 Å². The molecule has 0 saturated heterocycles. The van der Waals surface area contributed by atoms with Crippen LogP contribution in [-0.2, 0) is 0 Å². The van der Waals surface area contributed by atoms with Gasteiger partial charge in [-0.25, -0.2) is 4.39 Å². The van der Waals surface area contributed by atoms with E-state index in [1.54, 1.807) is 24.1 Å². The van der Waals surface area contributed by atoms with E-state index in [1.807, 2.05) is 13.8 Å². The van der Waals surface area contributed by atoms with Gasteiger partial charge in [-0.2, -0.15) is 0 Å². The maximum atomic E-state index is 13.4. The average Bonchev–Trinajstić information content (AvgIpc) is 2.33. The van der Waals surface area contributed by atoms with Gasteiger partial charge in [0.25, 0.3) is 5.91 Å². The summed E-state index contributed by atoms with van der Waals surface area (Å²) in [6, 6.07) is 4.71. The molecule has 1 rings (SSSR count). The molecule has 1 aromatic carbocycles. The van der Waals surface area contributed by atoms with Gasteiger partial charge in [-0.05, 0) is 40.9 Å². The van der Waals surface area contributed by atoms with E-state index in [2.05, 4.69) is 15.9 Å². The van der Waals surface area contributed by atoms with Crippen LogP contribution in [0, 0.1) is 5.82 Å². The van der Waals surface area contributed by atoms with Crippen molar-refractivity contribution < 1.29 is 9.18 Å². The Morgan fingerprint density at radius 1 is 1.41 bits per heavy atom. The molecule has 1 aromatic rings. The molecule has 0 aliphatic carbocycles. The van der Waals surface area contributed by atoms with Crippen LogP contribution < -0.4 is 0 Å². The van der Waals surface area contributed by atoms with Crippen LogP contribution in [0.1, 0.15) is 37.0 Å². The molecular weight excluding hydrogens is 285 g/mol. The molecule has 94 valence electrons. The first-order valence-corrected chi connectivity index (χ1v) is 6.53. The molecule has 0 atom stereocenters. The Labute approximate surface area is 110 Å². The lowest BCUT2D eigenvalue weighted by Gasteiger charge is -2.26. The number of amides is 1. The Balaban J connectivity index is 3.00. The minimum absolute atomic E-state index is 0.148. The van der Waals surface area contributed by atoms with Crippen molar-refractivity contribution >= 4 is 21.8 Å². The van der Waals surface area contributed by atoms with Gasteiger partial charge in [0.2, 0.25) is 0 Å². The Kier molecular flexibility index (Phi) is 5.12. The zero-order valence-corrected chi connectivity index (χ0v) is 11.9. The SMILES string of the molecule is CCC(CC)N(C)C(=O)c1cccc(F)c1Br. The first kappa shape index (κ1) is 14.2. The molecule has 0 fully saturated rings. The molecule has 0 aliphatic rings. The van der Waals surface area contributed by atoms with Gasteiger partial charge in [0.05, 0.1) is 10.0 Å². The van der Waals surface area contributed by atoms with Crippen molar-refractivity contribution in [2.75, 3.05) is 7.05 Å². The van der Waals surface area contributed by atoms with Crippen molar-refractivity contribution in [1.29, 1.82) is 0 Å². The summed E-state index contributed by atoms with van der Waals surface area (Å²) in [7, 11) is 1.76. The highest BCUT2D eigenvalue weighted by Gasteiger charge is 2.21. The van der Waals surface area contributed by atoms with E-state index in [-0.39, 0.29) is 16.4 Å². The summed E-state index contributed by atoms with van der Waals surface area (Å²) < 4.78 is 13.6. The van der Waals surface area contributed by atoms with Crippen LogP contribution in [0.2, 0.25) is 0 Å². The molecular formula is C13H17BrFNO. The van der Waals surface area contributed by atoms with Crippen molar-refractivity contribution in [3.8, 4) is 0 Å². The Hall–Kier alpha value is -0.900. The molecule has 0 bridgehead atoms. The molecule has 0 unspecified atom stereocenters. The van der Waals surface area contributed by atoms with Crippen molar-refractivity contribution in [2.45, 2.75) is 32.7 Å². The molecule has 0 N–H and O–H groups in total. The van der Waals surface area contributed by atoms with Gasteiger partial charge in [-0.15, -0.1) is 0 Å². The Morgan fingerprint density at radius 2 is 2.00 bits per heavy atom. The smallest absolute Gasteiger partial charge is 0.255 e. The molecule has 0 aromatic heterocycles. The summed E-state index contributed by atoms with van der Waals surface area (Å²) in [5, 5.41) is 0. The number of benzene rings is 1. The van der Waals surface area contributed by atoms with Gasteiger partial charge in [-0.1, -0.05) is 19.9 Å². The molecule has 0 radical (unpaired) electrons. The fraction of sp³-hybridized carbons (Fsp3) is 0.462. The van der Waals surface area contributed by atoms with Crippen LogP contribution in [0.15, 0.2) is 22.7 Å². The lowest BCUT2D eigenvalue weighted by molar-refractivity contribution is 0.0722. The quantitative estimate of drug-likeness (QED) is 0.827. The fourth-order valence-electron chi connectivity index (χ4n) is 1.86. The average molecular weight is 302 g/mol. The first-order valence-electron chi connectivity index (χ1n) is 5.74. The fourth-order valence-corrected chi connectivity index (χ4v) is 2.30.